The Bertz CT molecular complexity index is 588. The first-order valence-corrected chi connectivity index (χ1v) is 7.37. The summed E-state index contributed by atoms with van der Waals surface area (Å²) in [5.41, 5.74) is 4.41. The lowest BCUT2D eigenvalue weighted by Gasteiger charge is -2.03. The number of hydrogen-bond donors (Lipinski definition) is 1. The molecule has 2 rings (SSSR count). The van der Waals surface area contributed by atoms with Crippen molar-refractivity contribution in [2.75, 3.05) is 0 Å². The van der Waals surface area contributed by atoms with E-state index in [9.17, 15) is 0 Å². The summed E-state index contributed by atoms with van der Waals surface area (Å²) >= 11 is 1.81. The largest absolute Gasteiger partial charge is 0.407 e. The molecule has 106 valence electrons. The fraction of sp³-hybridized carbons (Fsp3) is 0.188. The Labute approximate surface area is 134 Å². The van der Waals surface area contributed by atoms with E-state index in [0.717, 1.165) is 11.3 Å². The van der Waals surface area contributed by atoms with Gasteiger partial charge in [0.25, 0.3) is 0 Å². The van der Waals surface area contributed by atoms with Crippen LogP contribution >= 0.6 is 23.0 Å². The number of H-pyrrole nitrogens is 1. The maximum absolute atomic E-state index is 5.04. The first-order chi connectivity index (χ1) is 9.74. The van der Waals surface area contributed by atoms with E-state index in [4.69, 9.17) is 3.07 Å². The second-order valence-corrected chi connectivity index (χ2v) is 4.30. The van der Waals surface area contributed by atoms with Gasteiger partial charge in [0.05, 0.1) is 5.69 Å². The maximum atomic E-state index is 5.04. The van der Waals surface area contributed by atoms with Gasteiger partial charge in [0.15, 0.2) is 23.0 Å². The zero-order valence-corrected chi connectivity index (χ0v) is 14.1. The van der Waals surface area contributed by atoms with Crippen LogP contribution in [0.25, 0.3) is 17.3 Å². The van der Waals surface area contributed by atoms with E-state index in [1.54, 1.807) is 6.08 Å². The molecule has 0 spiro atoms. The molecule has 2 aromatic rings. The molecule has 0 saturated carbocycles. The van der Waals surface area contributed by atoms with Crippen LogP contribution < -0.4 is 3.07 Å². The van der Waals surface area contributed by atoms with Crippen molar-refractivity contribution in [2.24, 2.45) is 0 Å². The van der Waals surface area contributed by atoms with E-state index < -0.39 is 0 Å². The number of aromatic nitrogens is 2. The van der Waals surface area contributed by atoms with Gasteiger partial charge in [0.2, 0.25) is 5.88 Å². The first kappa shape index (κ1) is 16.5. The Morgan fingerprint density at radius 2 is 2.05 bits per heavy atom. The summed E-state index contributed by atoms with van der Waals surface area (Å²) in [5, 5.41) is 6.99. The minimum Gasteiger partial charge on any atom is -0.407 e. The van der Waals surface area contributed by atoms with Crippen LogP contribution in [0.5, 0.6) is 5.88 Å². The Balaban J connectivity index is 0.000000956. The van der Waals surface area contributed by atoms with Crippen LogP contribution in [0.3, 0.4) is 0 Å². The summed E-state index contributed by atoms with van der Waals surface area (Å²) < 4.78 is 5.04. The van der Waals surface area contributed by atoms with Gasteiger partial charge in [-0.05, 0) is 24.1 Å². The van der Waals surface area contributed by atoms with E-state index in [1.165, 1.54) is 11.1 Å². The number of aromatic amines is 1. The van der Waals surface area contributed by atoms with Crippen molar-refractivity contribution in [1.82, 2.24) is 10.2 Å². The lowest BCUT2D eigenvalue weighted by molar-refractivity contribution is 0.676. The number of benzene rings is 1. The number of halogens is 1. The molecule has 3 nitrogen and oxygen atoms in total. The molecule has 4 heteroatoms. The smallest absolute Gasteiger partial charge is 0.243 e. The van der Waals surface area contributed by atoms with Gasteiger partial charge in [0, 0.05) is 11.6 Å². The molecule has 0 aliphatic heterocycles. The molecule has 0 radical (unpaired) electrons. The molecule has 1 aromatic heterocycles. The van der Waals surface area contributed by atoms with E-state index in [0.29, 0.717) is 5.88 Å². The maximum Gasteiger partial charge on any atom is 0.243 e. The quantitative estimate of drug-likeness (QED) is 0.573. The van der Waals surface area contributed by atoms with E-state index >= 15 is 0 Å². The summed E-state index contributed by atoms with van der Waals surface area (Å²) in [5.74, 6) is 0.578. The second kappa shape index (κ2) is 8.58. The van der Waals surface area contributed by atoms with Gasteiger partial charge in [0.1, 0.15) is 0 Å². The van der Waals surface area contributed by atoms with Crippen LogP contribution in [-0.4, -0.2) is 10.2 Å². The average molecular weight is 382 g/mol. The number of nitrogens with zero attached hydrogens (tertiary/aromatic N) is 1. The SMILES string of the molecule is C=C/C=C\c1cc(-c2cc(OI)n[nH]2)ccc1C.CC. The molecule has 0 aliphatic carbocycles. The lowest BCUT2D eigenvalue weighted by atomic mass is 10.0. The molecule has 0 bridgehead atoms. The van der Waals surface area contributed by atoms with Crippen LogP contribution in [0.1, 0.15) is 25.0 Å². The first-order valence-electron chi connectivity index (χ1n) is 6.48. The number of nitrogens with one attached hydrogen (secondary N) is 1. The van der Waals surface area contributed by atoms with Crippen molar-refractivity contribution in [2.45, 2.75) is 20.8 Å². The fourth-order valence-electron chi connectivity index (χ4n) is 1.65. The third-order valence-corrected chi connectivity index (χ3v) is 3.09. The van der Waals surface area contributed by atoms with E-state index in [1.807, 2.05) is 55.1 Å². The summed E-state index contributed by atoms with van der Waals surface area (Å²) in [4.78, 5) is 0. The van der Waals surface area contributed by atoms with Crippen LogP contribution in [0, 0.1) is 6.92 Å². The molecule has 0 atom stereocenters. The third-order valence-electron chi connectivity index (χ3n) is 2.64. The van der Waals surface area contributed by atoms with Crippen molar-refractivity contribution in [3.63, 3.8) is 0 Å². The highest BCUT2D eigenvalue weighted by atomic mass is 127. The minimum atomic E-state index is 0.578. The molecule has 1 heterocycles. The van der Waals surface area contributed by atoms with E-state index in [2.05, 4.69) is 41.9 Å². The van der Waals surface area contributed by atoms with Gasteiger partial charge in [-0.15, -0.1) is 5.10 Å². The highest BCUT2D eigenvalue weighted by Gasteiger charge is 2.05. The second-order valence-electron chi connectivity index (χ2n) is 3.86. The lowest BCUT2D eigenvalue weighted by Crippen LogP contribution is -1.84. The fourth-order valence-corrected chi connectivity index (χ4v) is 1.88. The van der Waals surface area contributed by atoms with Gasteiger partial charge >= 0.3 is 0 Å². The highest BCUT2D eigenvalue weighted by molar-refractivity contribution is 14.1. The average Bonchev–Trinajstić information content (AvgIpc) is 2.97. The zero-order valence-electron chi connectivity index (χ0n) is 12.0. The molecular formula is C16H19IN2O. The van der Waals surface area contributed by atoms with Crippen LogP contribution in [-0.2, 0) is 0 Å². The Morgan fingerprint density at radius 1 is 1.30 bits per heavy atom. The molecular weight excluding hydrogens is 363 g/mol. The molecule has 0 fully saturated rings. The molecule has 0 unspecified atom stereocenters. The van der Waals surface area contributed by atoms with Gasteiger partial charge in [-0.2, -0.15) is 0 Å². The number of aryl methyl sites for hydroxylation is 1. The number of rotatable bonds is 4. The Hall–Kier alpha value is -1.56. The molecule has 0 amide bonds. The number of hydrogen-bond acceptors (Lipinski definition) is 2. The molecule has 1 N–H and O–H groups in total. The van der Waals surface area contributed by atoms with Crippen molar-refractivity contribution in [3.05, 3.63) is 54.1 Å². The topological polar surface area (TPSA) is 37.9 Å². The summed E-state index contributed by atoms with van der Waals surface area (Å²) in [7, 11) is 0. The van der Waals surface area contributed by atoms with Gasteiger partial charge < -0.3 is 3.07 Å². The van der Waals surface area contributed by atoms with Crippen molar-refractivity contribution < 1.29 is 3.07 Å². The summed E-state index contributed by atoms with van der Waals surface area (Å²) in [6.45, 7) is 9.76. The predicted molar refractivity (Wildman–Crippen MR) is 94.0 cm³/mol. The van der Waals surface area contributed by atoms with E-state index in [-0.39, 0.29) is 0 Å². The molecule has 0 aliphatic rings. The molecule has 0 saturated heterocycles. The minimum absolute atomic E-state index is 0.578. The van der Waals surface area contributed by atoms with Crippen LogP contribution in [0.15, 0.2) is 43.0 Å². The van der Waals surface area contributed by atoms with Gasteiger partial charge in [-0.3, -0.25) is 5.10 Å². The molecule has 1 aromatic carbocycles. The van der Waals surface area contributed by atoms with Crippen molar-refractivity contribution in [3.8, 4) is 17.1 Å². The van der Waals surface area contributed by atoms with Crippen molar-refractivity contribution >= 4 is 29.1 Å². The van der Waals surface area contributed by atoms with Crippen LogP contribution in [0.4, 0.5) is 0 Å². The monoisotopic (exact) mass is 382 g/mol. The normalized spacial score (nSPS) is 10.0. The highest BCUT2D eigenvalue weighted by Crippen LogP contribution is 2.24. The van der Waals surface area contributed by atoms with Crippen LogP contribution in [0.2, 0.25) is 0 Å². The summed E-state index contributed by atoms with van der Waals surface area (Å²) in [6.07, 6.45) is 5.74. The predicted octanol–water partition coefficient (Wildman–Crippen LogP) is 5.34. The Morgan fingerprint density at radius 3 is 2.65 bits per heavy atom. The standard InChI is InChI=1S/C14H13IN2O.C2H6/c1-3-4-5-11-8-12(7-6-10(11)2)13-9-14(18-15)17-16-13;1-2/h3-9H,1H2,2H3,(H,16,17);1-2H3/b5-4-;. The Kier molecular flexibility index (Phi) is 7.08. The van der Waals surface area contributed by atoms with Gasteiger partial charge in [-0.1, -0.05) is 50.8 Å². The zero-order chi connectivity index (χ0) is 15.0. The van der Waals surface area contributed by atoms with Crippen molar-refractivity contribution in [1.29, 1.82) is 0 Å². The summed E-state index contributed by atoms with van der Waals surface area (Å²) in [6, 6.07) is 8.13. The number of allylic oxidation sites excluding steroid dienone is 2. The van der Waals surface area contributed by atoms with Gasteiger partial charge in [-0.25, -0.2) is 0 Å². The third kappa shape index (κ3) is 4.23. The molecule has 20 heavy (non-hydrogen) atoms.